The van der Waals surface area contributed by atoms with Crippen LogP contribution in [0.15, 0.2) is 40.9 Å². The second kappa shape index (κ2) is 10.1. The molecule has 1 saturated heterocycles. The van der Waals surface area contributed by atoms with Gasteiger partial charge in [-0.2, -0.15) is 0 Å². The maximum absolute atomic E-state index is 12.6. The van der Waals surface area contributed by atoms with Gasteiger partial charge in [0, 0.05) is 30.2 Å². The van der Waals surface area contributed by atoms with Crippen molar-refractivity contribution < 1.29 is 9.53 Å². The number of nitrogens with one attached hydrogen (secondary N) is 1. The number of nitrogens with zero attached hydrogens (tertiary/aromatic N) is 2. The molecule has 1 N–H and O–H groups in total. The first-order chi connectivity index (χ1) is 13.6. The van der Waals surface area contributed by atoms with Crippen LogP contribution in [0.25, 0.3) is 11.3 Å². The number of hydrogen-bond donors (Lipinski definition) is 1. The predicted molar refractivity (Wildman–Crippen MR) is 115 cm³/mol. The number of pyridine rings is 1. The fourth-order valence-electron chi connectivity index (χ4n) is 3.58. The Morgan fingerprint density at radius 1 is 1.29 bits per heavy atom. The SMILES string of the molecule is COCCN1CCC(CNC(=O)c2ccc(-c3cccc(Br)c3)nc2C)CC1. The van der Waals surface area contributed by atoms with E-state index in [9.17, 15) is 4.79 Å². The second-order valence-corrected chi connectivity index (χ2v) is 8.24. The Morgan fingerprint density at radius 3 is 2.75 bits per heavy atom. The highest BCUT2D eigenvalue weighted by atomic mass is 79.9. The van der Waals surface area contributed by atoms with E-state index in [1.807, 2.05) is 43.3 Å². The van der Waals surface area contributed by atoms with Crippen molar-refractivity contribution in [1.29, 1.82) is 0 Å². The lowest BCUT2D eigenvalue weighted by Gasteiger charge is -2.31. The first-order valence-electron chi connectivity index (χ1n) is 9.80. The lowest BCUT2D eigenvalue weighted by Crippen LogP contribution is -2.40. The van der Waals surface area contributed by atoms with Gasteiger partial charge in [-0.1, -0.05) is 28.1 Å². The number of rotatable bonds is 7. The summed E-state index contributed by atoms with van der Waals surface area (Å²) in [6.45, 7) is 6.54. The lowest BCUT2D eigenvalue weighted by molar-refractivity contribution is 0.0925. The maximum atomic E-state index is 12.6. The van der Waals surface area contributed by atoms with Crippen LogP contribution < -0.4 is 5.32 Å². The average Bonchev–Trinajstić information content (AvgIpc) is 2.71. The van der Waals surface area contributed by atoms with Gasteiger partial charge in [0.1, 0.15) is 0 Å². The van der Waals surface area contributed by atoms with Gasteiger partial charge in [-0.05, 0) is 63.0 Å². The summed E-state index contributed by atoms with van der Waals surface area (Å²) in [5.41, 5.74) is 3.31. The number of likely N-dealkylation sites (tertiary alicyclic amines) is 1. The molecule has 0 unspecified atom stereocenters. The lowest BCUT2D eigenvalue weighted by atomic mass is 9.96. The van der Waals surface area contributed by atoms with Crippen LogP contribution in [-0.4, -0.2) is 55.7 Å². The van der Waals surface area contributed by atoms with Crippen molar-refractivity contribution in [3.8, 4) is 11.3 Å². The van der Waals surface area contributed by atoms with Gasteiger partial charge >= 0.3 is 0 Å². The molecule has 0 aliphatic carbocycles. The van der Waals surface area contributed by atoms with Gasteiger partial charge in [0.05, 0.1) is 23.6 Å². The summed E-state index contributed by atoms with van der Waals surface area (Å²) in [4.78, 5) is 19.7. The van der Waals surface area contributed by atoms with Crippen LogP contribution in [0, 0.1) is 12.8 Å². The van der Waals surface area contributed by atoms with Crippen LogP contribution in [0.1, 0.15) is 28.9 Å². The fourth-order valence-corrected chi connectivity index (χ4v) is 3.98. The van der Waals surface area contributed by atoms with E-state index in [2.05, 4.69) is 31.1 Å². The zero-order valence-corrected chi connectivity index (χ0v) is 18.2. The molecule has 2 aromatic rings. The molecule has 1 aromatic heterocycles. The molecule has 150 valence electrons. The van der Waals surface area contributed by atoms with Crippen molar-refractivity contribution in [3.05, 3.63) is 52.1 Å². The molecule has 6 heteroatoms. The summed E-state index contributed by atoms with van der Waals surface area (Å²) in [7, 11) is 1.74. The van der Waals surface area contributed by atoms with Crippen molar-refractivity contribution in [1.82, 2.24) is 15.2 Å². The number of ether oxygens (including phenoxy) is 1. The van der Waals surface area contributed by atoms with Crippen molar-refractivity contribution in [2.45, 2.75) is 19.8 Å². The number of carbonyl (C=O) groups excluding carboxylic acids is 1. The standard InChI is InChI=1S/C22H28BrN3O2/c1-16-20(6-7-21(25-16)18-4-3-5-19(23)14-18)22(27)24-15-17-8-10-26(11-9-17)12-13-28-2/h3-7,14,17H,8-13,15H2,1-2H3,(H,24,27). The molecule has 2 heterocycles. The summed E-state index contributed by atoms with van der Waals surface area (Å²) in [6.07, 6.45) is 2.23. The van der Waals surface area contributed by atoms with E-state index in [1.54, 1.807) is 7.11 Å². The molecular weight excluding hydrogens is 418 g/mol. The quantitative estimate of drug-likeness (QED) is 0.701. The van der Waals surface area contributed by atoms with E-state index >= 15 is 0 Å². The van der Waals surface area contributed by atoms with Crippen molar-refractivity contribution >= 4 is 21.8 Å². The van der Waals surface area contributed by atoms with Gasteiger partial charge in [0.15, 0.2) is 0 Å². The van der Waals surface area contributed by atoms with Gasteiger partial charge in [0.2, 0.25) is 0 Å². The van der Waals surface area contributed by atoms with Gasteiger partial charge < -0.3 is 15.0 Å². The number of amides is 1. The number of piperidine rings is 1. The van der Waals surface area contributed by atoms with Gasteiger partial charge in [0.25, 0.3) is 5.91 Å². The Balaban J connectivity index is 1.54. The third-order valence-electron chi connectivity index (χ3n) is 5.32. The largest absolute Gasteiger partial charge is 0.383 e. The maximum Gasteiger partial charge on any atom is 0.253 e. The average molecular weight is 446 g/mol. The normalized spacial score (nSPS) is 15.5. The third-order valence-corrected chi connectivity index (χ3v) is 5.81. The molecule has 1 aliphatic heterocycles. The number of methoxy groups -OCH3 is 1. The molecule has 0 bridgehead atoms. The van der Waals surface area contributed by atoms with Crippen LogP contribution in [0.3, 0.4) is 0 Å². The number of benzene rings is 1. The summed E-state index contributed by atoms with van der Waals surface area (Å²) < 4.78 is 6.16. The van der Waals surface area contributed by atoms with E-state index in [4.69, 9.17) is 4.74 Å². The van der Waals surface area contributed by atoms with E-state index in [1.165, 1.54) is 0 Å². The van der Waals surface area contributed by atoms with Crippen LogP contribution in [0.5, 0.6) is 0 Å². The minimum atomic E-state index is -0.0346. The highest BCUT2D eigenvalue weighted by Gasteiger charge is 2.20. The third kappa shape index (κ3) is 5.63. The molecule has 5 nitrogen and oxygen atoms in total. The Morgan fingerprint density at radius 2 is 2.07 bits per heavy atom. The summed E-state index contributed by atoms with van der Waals surface area (Å²) in [6, 6.07) is 11.8. The smallest absolute Gasteiger partial charge is 0.253 e. The highest BCUT2D eigenvalue weighted by Crippen LogP contribution is 2.23. The number of aromatic nitrogens is 1. The molecule has 0 spiro atoms. The number of halogens is 1. The van der Waals surface area contributed by atoms with Crippen LogP contribution in [0.4, 0.5) is 0 Å². The predicted octanol–water partition coefficient (Wildman–Crippen LogP) is 3.91. The summed E-state index contributed by atoms with van der Waals surface area (Å²) in [5.74, 6) is 0.504. The topological polar surface area (TPSA) is 54.5 Å². The van der Waals surface area contributed by atoms with Crippen molar-refractivity contribution in [2.75, 3.05) is 39.9 Å². The Hall–Kier alpha value is -1.76. The molecule has 1 aromatic carbocycles. The van der Waals surface area contributed by atoms with Crippen molar-refractivity contribution in [3.63, 3.8) is 0 Å². The summed E-state index contributed by atoms with van der Waals surface area (Å²) >= 11 is 3.49. The zero-order chi connectivity index (χ0) is 19.9. The van der Waals surface area contributed by atoms with Gasteiger partial charge in [-0.25, -0.2) is 0 Å². The monoisotopic (exact) mass is 445 g/mol. The minimum Gasteiger partial charge on any atom is -0.383 e. The molecule has 0 saturated carbocycles. The van der Waals surface area contributed by atoms with Crippen molar-refractivity contribution in [2.24, 2.45) is 5.92 Å². The molecule has 1 fully saturated rings. The molecule has 1 amide bonds. The van der Waals surface area contributed by atoms with Crippen LogP contribution >= 0.6 is 15.9 Å². The second-order valence-electron chi connectivity index (χ2n) is 7.33. The first-order valence-corrected chi connectivity index (χ1v) is 10.6. The number of aryl methyl sites for hydroxylation is 1. The number of hydrogen-bond acceptors (Lipinski definition) is 4. The molecule has 1 aliphatic rings. The Kier molecular flexibility index (Phi) is 7.59. The first kappa shape index (κ1) is 21.0. The molecular formula is C22H28BrN3O2. The molecule has 0 radical (unpaired) electrons. The Bertz CT molecular complexity index is 804. The highest BCUT2D eigenvalue weighted by molar-refractivity contribution is 9.10. The molecule has 3 rings (SSSR count). The minimum absolute atomic E-state index is 0.0346. The van der Waals surface area contributed by atoms with Crippen LogP contribution in [0.2, 0.25) is 0 Å². The van der Waals surface area contributed by atoms with Crippen LogP contribution in [-0.2, 0) is 4.74 Å². The fraction of sp³-hybridized carbons (Fsp3) is 0.455. The van der Waals surface area contributed by atoms with E-state index in [0.29, 0.717) is 11.5 Å². The Labute approximate surface area is 175 Å². The van der Waals surface area contributed by atoms with Gasteiger partial charge in [-0.3, -0.25) is 9.78 Å². The van der Waals surface area contributed by atoms with E-state index < -0.39 is 0 Å². The summed E-state index contributed by atoms with van der Waals surface area (Å²) in [5, 5.41) is 3.11. The number of carbonyl (C=O) groups is 1. The zero-order valence-electron chi connectivity index (χ0n) is 16.6. The molecule has 28 heavy (non-hydrogen) atoms. The molecule has 0 atom stereocenters. The van der Waals surface area contributed by atoms with Gasteiger partial charge in [-0.15, -0.1) is 0 Å². The van der Waals surface area contributed by atoms with E-state index in [0.717, 1.165) is 67.1 Å². The van der Waals surface area contributed by atoms with E-state index in [-0.39, 0.29) is 5.91 Å².